The van der Waals surface area contributed by atoms with Crippen LogP contribution in [0.15, 0.2) is 54.6 Å². The standard InChI is InChI=1S/C17H18O3/c1-20-15-9-5-8-14(12-15)16(10-11-17(18)19)13-6-3-2-4-7-13/h2-9,12,16H,10-11H2,1H3,(H,18,19). The Labute approximate surface area is 118 Å². The number of methoxy groups -OCH3 is 1. The Bertz CT molecular complexity index is 563. The van der Waals surface area contributed by atoms with E-state index in [9.17, 15) is 4.79 Å². The normalized spacial score (nSPS) is 11.8. The van der Waals surface area contributed by atoms with Crippen LogP contribution in [0.3, 0.4) is 0 Å². The summed E-state index contributed by atoms with van der Waals surface area (Å²) in [5.74, 6) is 0.0926. The summed E-state index contributed by atoms with van der Waals surface area (Å²) in [7, 11) is 1.63. The van der Waals surface area contributed by atoms with E-state index in [4.69, 9.17) is 9.84 Å². The molecule has 3 nitrogen and oxygen atoms in total. The van der Waals surface area contributed by atoms with Crippen LogP contribution in [-0.4, -0.2) is 18.2 Å². The van der Waals surface area contributed by atoms with Gasteiger partial charge in [-0.1, -0.05) is 42.5 Å². The lowest BCUT2D eigenvalue weighted by Gasteiger charge is -2.18. The molecule has 3 heteroatoms. The van der Waals surface area contributed by atoms with Gasteiger partial charge in [-0.25, -0.2) is 0 Å². The summed E-state index contributed by atoms with van der Waals surface area (Å²) >= 11 is 0. The Morgan fingerprint density at radius 1 is 1.10 bits per heavy atom. The van der Waals surface area contributed by atoms with Crippen LogP contribution in [-0.2, 0) is 4.79 Å². The first kappa shape index (κ1) is 14.1. The fourth-order valence-electron chi connectivity index (χ4n) is 2.34. The van der Waals surface area contributed by atoms with E-state index in [1.165, 1.54) is 0 Å². The maximum Gasteiger partial charge on any atom is 0.303 e. The van der Waals surface area contributed by atoms with Crippen molar-refractivity contribution in [2.75, 3.05) is 7.11 Å². The number of hydrogen-bond acceptors (Lipinski definition) is 2. The molecule has 2 rings (SSSR count). The molecule has 0 aromatic heterocycles. The van der Waals surface area contributed by atoms with Crippen LogP contribution in [0.2, 0.25) is 0 Å². The second kappa shape index (κ2) is 6.75. The van der Waals surface area contributed by atoms with Gasteiger partial charge in [-0.15, -0.1) is 0 Å². The van der Waals surface area contributed by atoms with Crippen LogP contribution in [0.5, 0.6) is 5.75 Å². The van der Waals surface area contributed by atoms with Crippen LogP contribution in [0.4, 0.5) is 0 Å². The molecule has 0 amide bonds. The van der Waals surface area contributed by atoms with Crippen molar-refractivity contribution < 1.29 is 14.6 Å². The van der Waals surface area contributed by atoms with E-state index in [-0.39, 0.29) is 12.3 Å². The van der Waals surface area contributed by atoms with Crippen LogP contribution in [0, 0.1) is 0 Å². The molecule has 1 unspecified atom stereocenters. The quantitative estimate of drug-likeness (QED) is 0.870. The summed E-state index contributed by atoms with van der Waals surface area (Å²) in [6.45, 7) is 0. The maximum atomic E-state index is 10.9. The largest absolute Gasteiger partial charge is 0.497 e. The minimum Gasteiger partial charge on any atom is -0.497 e. The number of carboxylic acids is 1. The molecular weight excluding hydrogens is 252 g/mol. The molecule has 0 fully saturated rings. The Morgan fingerprint density at radius 3 is 2.45 bits per heavy atom. The summed E-state index contributed by atoms with van der Waals surface area (Å²) in [5, 5.41) is 8.93. The predicted octanol–water partition coefficient (Wildman–Crippen LogP) is 3.69. The molecule has 104 valence electrons. The van der Waals surface area contributed by atoms with E-state index >= 15 is 0 Å². The van der Waals surface area contributed by atoms with Crippen molar-refractivity contribution in [1.82, 2.24) is 0 Å². The monoisotopic (exact) mass is 270 g/mol. The van der Waals surface area contributed by atoms with Gasteiger partial charge in [-0.3, -0.25) is 4.79 Å². The maximum absolute atomic E-state index is 10.9. The molecular formula is C17H18O3. The highest BCUT2D eigenvalue weighted by atomic mass is 16.5. The first-order valence-corrected chi connectivity index (χ1v) is 6.61. The topological polar surface area (TPSA) is 46.5 Å². The minimum absolute atomic E-state index is 0.0717. The molecule has 0 aliphatic rings. The third kappa shape index (κ3) is 3.60. The van der Waals surface area contributed by atoms with E-state index in [1.54, 1.807) is 7.11 Å². The van der Waals surface area contributed by atoms with E-state index in [0.29, 0.717) is 6.42 Å². The lowest BCUT2D eigenvalue weighted by atomic mass is 9.87. The van der Waals surface area contributed by atoms with Gasteiger partial charge in [-0.05, 0) is 29.7 Å². The molecule has 2 aromatic rings. The lowest BCUT2D eigenvalue weighted by Crippen LogP contribution is -2.05. The van der Waals surface area contributed by atoms with Crippen LogP contribution in [0.1, 0.15) is 29.9 Å². The van der Waals surface area contributed by atoms with Crippen molar-refractivity contribution in [1.29, 1.82) is 0 Å². The van der Waals surface area contributed by atoms with Gasteiger partial charge < -0.3 is 9.84 Å². The number of carboxylic acid groups (broad SMARTS) is 1. The van der Waals surface area contributed by atoms with Crippen molar-refractivity contribution in [3.63, 3.8) is 0 Å². The number of carbonyl (C=O) groups is 1. The Hall–Kier alpha value is -2.29. The van der Waals surface area contributed by atoms with Crippen LogP contribution in [0.25, 0.3) is 0 Å². The number of hydrogen-bond donors (Lipinski definition) is 1. The number of aliphatic carboxylic acids is 1. The zero-order valence-electron chi connectivity index (χ0n) is 11.5. The summed E-state index contributed by atoms with van der Waals surface area (Å²) < 4.78 is 5.25. The van der Waals surface area contributed by atoms with Gasteiger partial charge in [0, 0.05) is 12.3 Å². The highest BCUT2D eigenvalue weighted by Gasteiger charge is 2.16. The van der Waals surface area contributed by atoms with Gasteiger partial charge in [0.15, 0.2) is 0 Å². The highest BCUT2D eigenvalue weighted by Crippen LogP contribution is 2.31. The molecule has 0 aliphatic heterocycles. The van der Waals surface area contributed by atoms with E-state index in [1.807, 2.05) is 54.6 Å². The Kier molecular flexibility index (Phi) is 4.77. The molecule has 0 saturated carbocycles. The Balaban J connectivity index is 2.32. The number of benzene rings is 2. The number of ether oxygens (including phenoxy) is 1. The van der Waals surface area contributed by atoms with E-state index in [2.05, 4.69) is 0 Å². The fraction of sp³-hybridized carbons (Fsp3) is 0.235. The van der Waals surface area contributed by atoms with Gasteiger partial charge in [0.1, 0.15) is 5.75 Å². The smallest absolute Gasteiger partial charge is 0.303 e. The first-order valence-electron chi connectivity index (χ1n) is 6.61. The zero-order valence-corrected chi connectivity index (χ0v) is 11.5. The minimum atomic E-state index is -0.770. The molecule has 0 radical (unpaired) electrons. The van der Waals surface area contributed by atoms with Crippen molar-refractivity contribution >= 4 is 5.97 Å². The molecule has 0 heterocycles. The Morgan fingerprint density at radius 2 is 1.80 bits per heavy atom. The third-order valence-electron chi connectivity index (χ3n) is 3.34. The van der Waals surface area contributed by atoms with Crippen molar-refractivity contribution in [2.45, 2.75) is 18.8 Å². The molecule has 0 bridgehead atoms. The summed E-state index contributed by atoms with van der Waals surface area (Å²) in [4.78, 5) is 10.9. The van der Waals surface area contributed by atoms with Crippen molar-refractivity contribution in [3.8, 4) is 5.75 Å². The average Bonchev–Trinajstić information content (AvgIpc) is 2.48. The molecule has 1 N–H and O–H groups in total. The van der Waals surface area contributed by atoms with Gasteiger partial charge in [-0.2, -0.15) is 0 Å². The molecule has 0 aliphatic carbocycles. The van der Waals surface area contributed by atoms with Crippen LogP contribution >= 0.6 is 0 Å². The van der Waals surface area contributed by atoms with Gasteiger partial charge in [0.05, 0.1) is 7.11 Å². The van der Waals surface area contributed by atoms with E-state index < -0.39 is 5.97 Å². The zero-order chi connectivity index (χ0) is 14.4. The molecule has 0 saturated heterocycles. The molecule has 0 spiro atoms. The van der Waals surface area contributed by atoms with Gasteiger partial charge in [0.25, 0.3) is 0 Å². The second-order valence-corrected chi connectivity index (χ2v) is 4.67. The van der Waals surface area contributed by atoms with E-state index in [0.717, 1.165) is 16.9 Å². The highest BCUT2D eigenvalue weighted by molar-refractivity contribution is 5.66. The average molecular weight is 270 g/mol. The third-order valence-corrected chi connectivity index (χ3v) is 3.34. The molecule has 1 atom stereocenters. The van der Waals surface area contributed by atoms with Crippen LogP contribution < -0.4 is 4.74 Å². The first-order chi connectivity index (χ1) is 9.70. The molecule has 20 heavy (non-hydrogen) atoms. The predicted molar refractivity (Wildman–Crippen MR) is 78.1 cm³/mol. The number of rotatable bonds is 6. The summed E-state index contributed by atoms with van der Waals surface area (Å²) in [6, 6.07) is 17.8. The van der Waals surface area contributed by atoms with Gasteiger partial charge >= 0.3 is 5.97 Å². The summed E-state index contributed by atoms with van der Waals surface area (Å²) in [6.07, 6.45) is 0.725. The molecule has 2 aromatic carbocycles. The second-order valence-electron chi connectivity index (χ2n) is 4.67. The fourth-order valence-corrected chi connectivity index (χ4v) is 2.34. The summed E-state index contributed by atoms with van der Waals surface area (Å²) in [5.41, 5.74) is 2.21. The SMILES string of the molecule is COc1cccc(C(CCC(=O)O)c2ccccc2)c1. The van der Waals surface area contributed by atoms with Crippen molar-refractivity contribution in [2.24, 2.45) is 0 Å². The van der Waals surface area contributed by atoms with Crippen molar-refractivity contribution in [3.05, 3.63) is 65.7 Å². The lowest BCUT2D eigenvalue weighted by molar-refractivity contribution is -0.137. The van der Waals surface area contributed by atoms with Gasteiger partial charge in [0.2, 0.25) is 0 Å².